The van der Waals surface area contributed by atoms with E-state index in [1.165, 1.54) is 17.6 Å². The van der Waals surface area contributed by atoms with Gasteiger partial charge in [-0.1, -0.05) is 29.7 Å². The largest absolute Gasteiger partial charge is 0.0725 e. The number of hydrogen-bond donors (Lipinski definition) is 0. The molecule has 1 aliphatic carbocycles. The van der Waals surface area contributed by atoms with E-state index in [-0.39, 0.29) is 0 Å². The van der Waals surface area contributed by atoms with Gasteiger partial charge in [-0.15, -0.1) is 0 Å². The van der Waals surface area contributed by atoms with Gasteiger partial charge in [0, 0.05) is 0 Å². The van der Waals surface area contributed by atoms with Crippen LogP contribution in [0.25, 0.3) is 0 Å². The molecule has 10 heavy (non-hydrogen) atoms. The van der Waals surface area contributed by atoms with Crippen LogP contribution in [0.4, 0.5) is 0 Å². The molecule has 0 heterocycles. The van der Waals surface area contributed by atoms with Crippen LogP contribution >= 0.6 is 0 Å². The molecule has 1 unspecified atom stereocenters. The van der Waals surface area contributed by atoms with Gasteiger partial charge in [-0.3, -0.25) is 0 Å². The molecule has 0 aromatic heterocycles. The standard InChI is InChI=1S/C10H16/c1-7-5-8(2)10(4)9(3)6-7/h5,9H,6H2,1-4H3. The first-order valence-corrected chi connectivity index (χ1v) is 3.96. The molecule has 0 fully saturated rings. The molecule has 1 rings (SSSR count). The van der Waals surface area contributed by atoms with Gasteiger partial charge in [-0.25, -0.2) is 0 Å². The molecule has 1 atom stereocenters. The Bertz CT molecular complexity index is 194. The Hall–Kier alpha value is -0.520. The third-order valence-electron chi connectivity index (χ3n) is 2.45. The summed E-state index contributed by atoms with van der Waals surface area (Å²) in [4.78, 5) is 0. The molecule has 1 aliphatic rings. The predicted molar refractivity (Wildman–Crippen MR) is 45.9 cm³/mol. The summed E-state index contributed by atoms with van der Waals surface area (Å²) in [6, 6.07) is 0. The van der Waals surface area contributed by atoms with Gasteiger partial charge in [-0.05, 0) is 33.1 Å². The Kier molecular flexibility index (Phi) is 1.98. The molecule has 0 amide bonds. The minimum absolute atomic E-state index is 0.769. The summed E-state index contributed by atoms with van der Waals surface area (Å²) in [6.07, 6.45) is 3.55. The van der Waals surface area contributed by atoms with Crippen molar-refractivity contribution >= 4 is 0 Å². The maximum atomic E-state index is 2.30. The van der Waals surface area contributed by atoms with Gasteiger partial charge < -0.3 is 0 Å². The van der Waals surface area contributed by atoms with Crippen LogP contribution in [0.2, 0.25) is 0 Å². The molecule has 0 saturated heterocycles. The Morgan fingerprint density at radius 2 is 1.90 bits per heavy atom. The molecule has 56 valence electrons. The van der Waals surface area contributed by atoms with Gasteiger partial charge in [0.2, 0.25) is 0 Å². The lowest BCUT2D eigenvalue weighted by Gasteiger charge is -2.19. The smallest absolute Gasteiger partial charge is 0.0191 e. The van der Waals surface area contributed by atoms with Gasteiger partial charge >= 0.3 is 0 Å². The fourth-order valence-corrected chi connectivity index (χ4v) is 1.57. The molecule has 0 N–H and O–H groups in total. The molecular weight excluding hydrogens is 120 g/mol. The fraction of sp³-hybridized carbons (Fsp3) is 0.600. The monoisotopic (exact) mass is 136 g/mol. The van der Waals surface area contributed by atoms with Crippen LogP contribution in [0.15, 0.2) is 22.8 Å². The number of allylic oxidation sites excluding steroid dienone is 4. The normalized spacial score (nSPS) is 26.8. The van der Waals surface area contributed by atoms with Crippen molar-refractivity contribution < 1.29 is 0 Å². The van der Waals surface area contributed by atoms with E-state index in [1.807, 2.05) is 0 Å². The topological polar surface area (TPSA) is 0 Å². The van der Waals surface area contributed by atoms with Gasteiger partial charge in [0.15, 0.2) is 0 Å². The van der Waals surface area contributed by atoms with Crippen LogP contribution in [-0.2, 0) is 0 Å². The van der Waals surface area contributed by atoms with Crippen LogP contribution in [0.1, 0.15) is 34.1 Å². The van der Waals surface area contributed by atoms with Crippen LogP contribution in [0.5, 0.6) is 0 Å². The van der Waals surface area contributed by atoms with E-state index >= 15 is 0 Å². The van der Waals surface area contributed by atoms with E-state index in [0.717, 1.165) is 5.92 Å². The molecule has 0 bridgehead atoms. The summed E-state index contributed by atoms with van der Waals surface area (Å²) in [6.45, 7) is 8.96. The summed E-state index contributed by atoms with van der Waals surface area (Å²) in [5.41, 5.74) is 4.55. The summed E-state index contributed by atoms with van der Waals surface area (Å²) in [5, 5.41) is 0. The summed E-state index contributed by atoms with van der Waals surface area (Å²) < 4.78 is 0. The van der Waals surface area contributed by atoms with Crippen molar-refractivity contribution in [3.63, 3.8) is 0 Å². The molecule has 0 nitrogen and oxygen atoms in total. The van der Waals surface area contributed by atoms with Crippen molar-refractivity contribution in [2.24, 2.45) is 5.92 Å². The average molecular weight is 136 g/mol. The highest BCUT2D eigenvalue weighted by molar-refractivity contribution is 5.31. The van der Waals surface area contributed by atoms with Crippen LogP contribution in [0.3, 0.4) is 0 Å². The Morgan fingerprint density at radius 3 is 2.40 bits per heavy atom. The second kappa shape index (κ2) is 2.61. The van der Waals surface area contributed by atoms with Crippen LogP contribution in [0, 0.1) is 5.92 Å². The van der Waals surface area contributed by atoms with Crippen molar-refractivity contribution in [1.82, 2.24) is 0 Å². The Balaban J connectivity index is 2.92. The second-order valence-corrected chi connectivity index (χ2v) is 3.46. The molecule has 0 radical (unpaired) electrons. The SMILES string of the molecule is CC1=CC(C)=C(C)C(C)C1. The average Bonchev–Trinajstić information content (AvgIpc) is 1.82. The lowest BCUT2D eigenvalue weighted by Crippen LogP contribution is -2.03. The molecule has 0 heteroatoms. The van der Waals surface area contributed by atoms with Crippen LogP contribution in [-0.4, -0.2) is 0 Å². The summed E-state index contributed by atoms with van der Waals surface area (Å²) >= 11 is 0. The zero-order valence-electron chi connectivity index (χ0n) is 7.36. The minimum Gasteiger partial charge on any atom is -0.0725 e. The highest BCUT2D eigenvalue weighted by atomic mass is 14.2. The van der Waals surface area contributed by atoms with E-state index in [4.69, 9.17) is 0 Å². The maximum Gasteiger partial charge on any atom is -0.0191 e. The van der Waals surface area contributed by atoms with E-state index in [1.54, 1.807) is 5.57 Å². The zero-order valence-corrected chi connectivity index (χ0v) is 7.36. The second-order valence-electron chi connectivity index (χ2n) is 3.46. The van der Waals surface area contributed by atoms with Crippen molar-refractivity contribution in [2.75, 3.05) is 0 Å². The molecule has 0 aromatic rings. The van der Waals surface area contributed by atoms with Crippen molar-refractivity contribution in [1.29, 1.82) is 0 Å². The van der Waals surface area contributed by atoms with E-state index in [0.29, 0.717) is 0 Å². The van der Waals surface area contributed by atoms with E-state index in [9.17, 15) is 0 Å². The number of rotatable bonds is 0. The van der Waals surface area contributed by atoms with Crippen molar-refractivity contribution in [3.05, 3.63) is 22.8 Å². The summed E-state index contributed by atoms with van der Waals surface area (Å²) in [7, 11) is 0. The number of hydrogen-bond acceptors (Lipinski definition) is 0. The first-order valence-electron chi connectivity index (χ1n) is 3.96. The molecular formula is C10H16. The first kappa shape index (κ1) is 7.59. The Morgan fingerprint density at radius 1 is 1.30 bits per heavy atom. The quantitative estimate of drug-likeness (QED) is 0.479. The lowest BCUT2D eigenvalue weighted by atomic mass is 9.86. The molecule has 0 aromatic carbocycles. The third-order valence-corrected chi connectivity index (χ3v) is 2.45. The Labute approximate surface area is 63.6 Å². The zero-order chi connectivity index (χ0) is 7.72. The van der Waals surface area contributed by atoms with Crippen LogP contribution < -0.4 is 0 Å². The van der Waals surface area contributed by atoms with Gasteiger partial charge in [-0.2, -0.15) is 0 Å². The fourth-order valence-electron chi connectivity index (χ4n) is 1.57. The minimum atomic E-state index is 0.769. The predicted octanol–water partition coefficient (Wildman–Crippen LogP) is 3.31. The lowest BCUT2D eigenvalue weighted by molar-refractivity contribution is 0.653. The van der Waals surface area contributed by atoms with E-state index < -0.39 is 0 Å². The van der Waals surface area contributed by atoms with Crippen molar-refractivity contribution in [3.8, 4) is 0 Å². The van der Waals surface area contributed by atoms with Gasteiger partial charge in [0.05, 0.1) is 0 Å². The van der Waals surface area contributed by atoms with Gasteiger partial charge in [0.25, 0.3) is 0 Å². The maximum absolute atomic E-state index is 2.30. The summed E-state index contributed by atoms with van der Waals surface area (Å²) in [5.74, 6) is 0.769. The molecule has 0 saturated carbocycles. The van der Waals surface area contributed by atoms with Crippen molar-refractivity contribution in [2.45, 2.75) is 34.1 Å². The first-order chi connectivity index (χ1) is 4.61. The molecule has 0 spiro atoms. The molecule has 0 aliphatic heterocycles. The van der Waals surface area contributed by atoms with Gasteiger partial charge in [0.1, 0.15) is 0 Å². The third kappa shape index (κ3) is 1.31. The van der Waals surface area contributed by atoms with E-state index in [2.05, 4.69) is 33.8 Å². The highest BCUT2D eigenvalue weighted by Crippen LogP contribution is 2.27. The highest BCUT2D eigenvalue weighted by Gasteiger charge is 2.11.